The van der Waals surface area contributed by atoms with Gasteiger partial charge in [-0.05, 0) is 56.2 Å². The van der Waals surface area contributed by atoms with Gasteiger partial charge in [-0.1, -0.05) is 5.92 Å². The number of aryl methyl sites for hydroxylation is 1. The Balaban J connectivity index is 1.93. The Morgan fingerprint density at radius 1 is 1.43 bits per heavy atom. The van der Waals surface area contributed by atoms with Gasteiger partial charge in [-0.15, -0.1) is 6.42 Å². The van der Waals surface area contributed by atoms with E-state index in [0.29, 0.717) is 10.9 Å². The number of hydrogen-bond donors (Lipinski definition) is 0. The van der Waals surface area contributed by atoms with Crippen LogP contribution in [0.15, 0.2) is 11.0 Å². The molecule has 1 aliphatic carbocycles. The average molecular weight is 300 g/mol. The predicted molar refractivity (Wildman–Crippen MR) is 83.7 cm³/mol. The molecule has 2 amide bonds. The summed E-state index contributed by atoms with van der Waals surface area (Å²) in [5, 5.41) is -0.291. The Morgan fingerprint density at radius 3 is 2.76 bits per heavy atom. The maximum Gasteiger partial charge on any atom is 0.294 e. The minimum Gasteiger partial charge on any atom is -0.346 e. The molecule has 2 fully saturated rings. The monoisotopic (exact) mass is 300 g/mol. The first-order valence-electron chi connectivity index (χ1n) is 6.90. The molecule has 2 aliphatic rings. The van der Waals surface area contributed by atoms with Crippen LogP contribution in [0.4, 0.5) is 4.79 Å². The van der Waals surface area contributed by atoms with E-state index in [1.54, 1.807) is 0 Å². The first-order chi connectivity index (χ1) is 10.0. The van der Waals surface area contributed by atoms with Gasteiger partial charge < -0.3 is 4.57 Å². The summed E-state index contributed by atoms with van der Waals surface area (Å²) < 4.78 is 2.32. The van der Waals surface area contributed by atoms with E-state index in [1.807, 2.05) is 6.08 Å². The molecule has 2 heterocycles. The van der Waals surface area contributed by atoms with Crippen molar-refractivity contribution >= 4 is 29.0 Å². The quantitative estimate of drug-likeness (QED) is 0.636. The van der Waals surface area contributed by atoms with Crippen molar-refractivity contribution < 1.29 is 9.59 Å². The summed E-state index contributed by atoms with van der Waals surface area (Å²) in [6, 6.07) is 2.67. The van der Waals surface area contributed by atoms with Crippen molar-refractivity contribution in [3.05, 3.63) is 27.9 Å². The van der Waals surface area contributed by atoms with E-state index in [2.05, 4.69) is 30.4 Å². The summed E-state index contributed by atoms with van der Waals surface area (Å²) in [5.41, 5.74) is 3.36. The standard InChI is InChI=1S/C16H16N2O2S/c1-4-7-17-15(19)14(21-16(17)20)9-12-8-10(2)18(11(12)3)13-5-6-13/h1,8-9,13H,5-7H2,2-3H3/b14-9-. The van der Waals surface area contributed by atoms with Crippen LogP contribution in [0.5, 0.6) is 0 Å². The van der Waals surface area contributed by atoms with Gasteiger partial charge in [0.1, 0.15) is 0 Å². The molecule has 0 aromatic carbocycles. The van der Waals surface area contributed by atoms with E-state index in [-0.39, 0.29) is 17.7 Å². The summed E-state index contributed by atoms with van der Waals surface area (Å²) in [6.07, 6.45) is 9.43. The smallest absolute Gasteiger partial charge is 0.294 e. The molecule has 3 rings (SSSR count). The molecule has 1 saturated carbocycles. The predicted octanol–water partition coefficient (Wildman–Crippen LogP) is 3.11. The first kappa shape index (κ1) is 14.0. The van der Waals surface area contributed by atoms with E-state index in [1.165, 1.54) is 18.5 Å². The molecule has 1 saturated heterocycles. The number of carbonyl (C=O) groups excluding carboxylic acids is 2. The van der Waals surface area contributed by atoms with E-state index in [4.69, 9.17) is 6.42 Å². The highest BCUT2D eigenvalue weighted by Gasteiger charge is 2.35. The van der Waals surface area contributed by atoms with Crippen molar-refractivity contribution in [3.63, 3.8) is 0 Å². The van der Waals surface area contributed by atoms with Crippen LogP contribution in [0.2, 0.25) is 0 Å². The highest BCUT2D eigenvalue weighted by Crippen LogP contribution is 2.39. The molecule has 1 aliphatic heterocycles. The van der Waals surface area contributed by atoms with Crippen LogP contribution in [-0.2, 0) is 4.79 Å². The molecule has 0 radical (unpaired) electrons. The van der Waals surface area contributed by atoms with Gasteiger partial charge in [0.05, 0.1) is 11.4 Å². The van der Waals surface area contributed by atoms with Crippen LogP contribution in [0.1, 0.15) is 35.8 Å². The number of imide groups is 1. The molecule has 1 aromatic heterocycles. The van der Waals surface area contributed by atoms with Crippen LogP contribution >= 0.6 is 11.8 Å². The molecule has 0 atom stereocenters. The molecular formula is C16H16N2O2S. The molecule has 0 spiro atoms. The SMILES string of the molecule is C#CCN1C(=O)S/C(=C\c2cc(C)n(C3CC3)c2C)C1=O. The summed E-state index contributed by atoms with van der Waals surface area (Å²) in [6.45, 7) is 4.17. The third kappa shape index (κ3) is 2.40. The molecule has 1 aromatic rings. The van der Waals surface area contributed by atoms with Gasteiger partial charge in [0.15, 0.2) is 0 Å². The average Bonchev–Trinajstić information content (AvgIpc) is 3.17. The molecule has 5 heteroatoms. The largest absolute Gasteiger partial charge is 0.346 e. The van der Waals surface area contributed by atoms with Gasteiger partial charge in [0.25, 0.3) is 11.1 Å². The van der Waals surface area contributed by atoms with Crippen LogP contribution < -0.4 is 0 Å². The lowest BCUT2D eigenvalue weighted by Gasteiger charge is -2.07. The number of thioether (sulfide) groups is 1. The molecule has 0 bridgehead atoms. The van der Waals surface area contributed by atoms with Crippen molar-refractivity contribution in [2.24, 2.45) is 0 Å². The maximum absolute atomic E-state index is 12.2. The molecule has 0 N–H and O–H groups in total. The summed E-state index contributed by atoms with van der Waals surface area (Å²) in [5.74, 6) is 2.05. The molecule has 4 nitrogen and oxygen atoms in total. The third-order valence-electron chi connectivity index (χ3n) is 3.85. The second-order valence-corrected chi connectivity index (χ2v) is 6.39. The second-order valence-electron chi connectivity index (χ2n) is 5.40. The fourth-order valence-corrected chi connectivity index (χ4v) is 3.54. The number of hydrogen-bond acceptors (Lipinski definition) is 3. The lowest BCUT2D eigenvalue weighted by Crippen LogP contribution is -2.28. The Hall–Kier alpha value is -1.93. The van der Waals surface area contributed by atoms with E-state index in [0.717, 1.165) is 27.9 Å². The number of carbonyl (C=O) groups is 2. The van der Waals surface area contributed by atoms with Crippen molar-refractivity contribution in [2.75, 3.05) is 6.54 Å². The topological polar surface area (TPSA) is 42.3 Å². The second kappa shape index (κ2) is 5.12. The lowest BCUT2D eigenvalue weighted by atomic mass is 10.2. The van der Waals surface area contributed by atoms with Crippen molar-refractivity contribution in [2.45, 2.75) is 32.7 Å². The fraction of sp³-hybridized carbons (Fsp3) is 0.375. The van der Waals surface area contributed by atoms with Crippen LogP contribution in [-0.4, -0.2) is 27.2 Å². The normalized spacial score (nSPS) is 20.4. The number of rotatable bonds is 3. The van der Waals surface area contributed by atoms with E-state index in [9.17, 15) is 9.59 Å². The zero-order valence-electron chi connectivity index (χ0n) is 12.0. The minimum absolute atomic E-state index is 0.0309. The maximum atomic E-state index is 12.2. The van der Waals surface area contributed by atoms with Crippen molar-refractivity contribution in [1.82, 2.24) is 9.47 Å². The minimum atomic E-state index is -0.292. The zero-order valence-corrected chi connectivity index (χ0v) is 12.9. The number of nitrogens with zero attached hydrogens (tertiary/aromatic N) is 2. The van der Waals surface area contributed by atoms with E-state index >= 15 is 0 Å². The molecule has 21 heavy (non-hydrogen) atoms. The van der Waals surface area contributed by atoms with Crippen LogP contribution in [0, 0.1) is 26.2 Å². The number of amides is 2. The Kier molecular flexibility index (Phi) is 3.42. The Morgan fingerprint density at radius 2 is 2.14 bits per heavy atom. The molecular weight excluding hydrogens is 284 g/mol. The van der Waals surface area contributed by atoms with Gasteiger partial charge in [0, 0.05) is 17.4 Å². The van der Waals surface area contributed by atoms with Gasteiger partial charge in [-0.25, -0.2) is 0 Å². The van der Waals surface area contributed by atoms with E-state index < -0.39 is 0 Å². The van der Waals surface area contributed by atoms with Crippen molar-refractivity contribution in [3.8, 4) is 12.3 Å². The molecule has 0 unspecified atom stereocenters. The zero-order chi connectivity index (χ0) is 15.1. The fourth-order valence-electron chi connectivity index (χ4n) is 2.71. The lowest BCUT2D eigenvalue weighted by molar-refractivity contribution is -0.122. The number of aromatic nitrogens is 1. The summed E-state index contributed by atoms with van der Waals surface area (Å²) in [7, 11) is 0. The summed E-state index contributed by atoms with van der Waals surface area (Å²) in [4.78, 5) is 25.5. The first-order valence-corrected chi connectivity index (χ1v) is 7.72. The van der Waals surface area contributed by atoms with Gasteiger partial charge in [0.2, 0.25) is 0 Å². The number of terminal acetylenes is 1. The third-order valence-corrected chi connectivity index (χ3v) is 4.75. The van der Waals surface area contributed by atoms with Gasteiger partial charge in [-0.3, -0.25) is 14.5 Å². The Labute approximate surface area is 128 Å². The highest BCUT2D eigenvalue weighted by molar-refractivity contribution is 8.18. The summed E-state index contributed by atoms with van der Waals surface area (Å²) >= 11 is 0.958. The van der Waals surface area contributed by atoms with Crippen molar-refractivity contribution in [1.29, 1.82) is 0 Å². The van der Waals surface area contributed by atoms with Gasteiger partial charge in [-0.2, -0.15) is 0 Å². The molecule has 108 valence electrons. The Bertz CT molecular complexity index is 705. The highest BCUT2D eigenvalue weighted by atomic mass is 32.2. The van der Waals surface area contributed by atoms with Gasteiger partial charge >= 0.3 is 0 Å². The van der Waals surface area contributed by atoms with Crippen LogP contribution in [0.25, 0.3) is 6.08 Å². The van der Waals surface area contributed by atoms with Crippen LogP contribution in [0.3, 0.4) is 0 Å².